The first-order chi connectivity index (χ1) is 8.56. The van der Waals surface area contributed by atoms with Gasteiger partial charge < -0.3 is 5.32 Å². The van der Waals surface area contributed by atoms with Crippen molar-refractivity contribution in [2.45, 2.75) is 19.8 Å². The van der Waals surface area contributed by atoms with Gasteiger partial charge in [0.25, 0.3) is 0 Å². The van der Waals surface area contributed by atoms with E-state index in [2.05, 4.69) is 11.9 Å². The Kier molecular flexibility index (Phi) is 5.56. The molecule has 1 N–H and O–H groups in total. The van der Waals surface area contributed by atoms with Gasteiger partial charge in [0.05, 0.1) is 0 Å². The molecule has 0 aliphatic heterocycles. The molecular weight excluding hydrogens is 232 g/mol. The number of nitrogens with one attached hydrogen (secondary N) is 1. The van der Waals surface area contributed by atoms with Crippen LogP contribution in [0.15, 0.2) is 48.6 Å². The molecule has 98 valence electrons. The molecule has 0 spiro atoms. The number of halogens is 2. The quantitative estimate of drug-likeness (QED) is 0.727. The molecular formula is C15H19F2N. The molecule has 0 aromatic heterocycles. The van der Waals surface area contributed by atoms with Gasteiger partial charge in [-0.25, -0.2) is 8.78 Å². The van der Waals surface area contributed by atoms with Gasteiger partial charge in [0, 0.05) is 24.7 Å². The zero-order valence-corrected chi connectivity index (χ0v) is 10.8. The lowest BCUT2D eigenvalue weighted by atomic mass is 9.95. The molecule has 18 heavy (non-hydrogen) atoms. The molecule has 0 radical (unpaired) electrons. The summed E-state index contributed by atoms with van der Waals surface area (Å²) in [5, 5.41) is 3.04. The third kappa shape index (κ3) is 4.32. The molecule has 0 unspecified atom stereocenters. The Labute approximate surface area is 107 Å². The molecule has 1 rings (SSSR count). The summed E-state index contributed by atoms with van der Waals surface area (Å²) in [4.78, 5) is 0. The van der Waals surface area contributed by atoms with Gasteiger partial charge in [0.15, 0.2) is 0 Å². The number of benzene rings is 1. The highest BCUT2D eigenvalue weighted by atomic mass is 19.1. The largest absolute Gasteiger partial charge is 0.388 e. The minimum Gasteiger partial charge on any atom is -0.388 e. The van der Waals surface area contributed by atoms with Crippen molar-refractivity contribution in [3.8, 4) is 0 Å². The minimum atomic E-state index is -0.741. The lowest BCUT2D eigenvalue weighted by molar-refractivity contribution is 0.447. The third-order valence-corrected chi connectivity index (χ3v) is 2.88. The summed E-state index contributed by atoms with van der Waals surface area (Å²) in [6, 6.07) is 7.78. The maximum absolute atomic E-state index is 13.7. The number of rotatable bonds is 6. The normalized spacial score (nSPS) is 13.2. The van der Waals surface area contributed by atoms with E-state index in [9.17, 15) is 8.78 Å². The Bertz CT molecular complexity index is 438. The van der Waals surface area contributed by atoms with E-state index in [1.54, 1.807) is 0 Å². The molecule has 1 aromatic rings. The van der Waals surface area contributed by atoms with Crippen LogP contribution in [0.2, 0.25) is 0 Å². The van der Waals surface area contributed by atoms with Gasteiger partial charge in [-0.1, -0.05) is 25.6 Å². The molecule has 1 aromatic carbocycles. The van der Waals surface area contributed by atoms with Crippen LogP contribution in [0.3, 0.4) is 0 Å². The van der Waals surface area contributed by atoms with E-state index in [0.717, 1.165) is 17.3 Å². The lowest BCUT2D eigenvalue weighted by Gasteiger charge is -2.13. The second-order valence-corrected chi connectivity index (χ2v) is 4.24. The Balaban J connectivity index is 2.82. The summed E-state index contributed by atoms with van der Waals surface area (Å²) in [5.74, 6) is -1.49. The van der Waals surface area contributed by atoms with Crippen molar-refractivity contribution in [1.29, 1.82) is 0 Å². The van der Waals surface area contributed by atoms with E-state index in [4.69, 9.17) is 0 Å². The second kappa shape index (κ2) is 6.94. The van der Waals surface area contributed by atoms with Crippen LogP contribution >= 0.6 is 0 Å². The van der Waals surface area contributed by atoms with Crippen LogP contribution in [-0.2, 0) is 6.42 Å². The van der Waals surface area contributed by atoms with E-state index in [-0.39, 0.29) is 5.92 Å². The lowest BCUT2D eigenvalue weighted by Crippen LogP contribution is -2.05. The highest BCUT2D eigenvalue weighted by molar-refractivity contribution is 5.45. The van der Waals surface area contributed by atoms with Crippen molar-refractivity contribution >= 4 is 5.69 Å². The van der Waals surface area contributed by atoms with E-state index in [1.165, 1.54) is 0 Å². The number of allylic oxidation sites excluding steroid dienone is 3. The van der Waals surface area contributed by atoms with E-state index < -0.39 is 11.7 Å². The van der Waals surface area contributed by atoms with Crippen molar-refractivity contribution in [3.05, 3.63) is 54.1 Å². The number of hydrogen-bond donors (Lipinski definition) is 1. The first-order valence-electron chi connectivity index (χ1n) is 6.05. The standard InChI is InChI=1S/C15H19F2N/c1-4-13(15(17)8-11(2)16)9-12-6-5-7-14(10-12)18-3/h5-8,10,13,18H,2,4,9H2,1,3H3/b15-8-/t13-/m1/s1. The van der Waals surface area contributed by atoms with Crippen molar-refractivity contribution < 1.29 is 8.78 Å². The Hall–Kier alpha value is -1.64. The van der Waals surface area contributed by atoms with Gasteiger partial charge in [0.1, 0.15) is 11.7 Å². The molecule has 0 fully saturated rings. The molecule has 0 aliphatic rings. The SMILES string of the molecule is C=C(F)/C=C(\F)[C@H](CC)Cc1cccc(NC)c1. The summed E-state index contributed by atoms with van der Waals surface area (Å²) < 4.78 is 26.3. The fraction of sp³-hybridized carbons (Fsp3) is 0.333. The van der Waals surface area contributed by atoms with Crippen molar-refractivity contribution in [2.75, 3.05) is 12.4 Å². The van der Waals surface area contributed by atoms with Crippen LogP contribution in [0.25, 0.3) is 0 Å². The van der Waals surface area contributed by atoms with Crippen LogP contribution < -0.4 is 5.32 Å². The molecule has 0 bridgehead atoms. The van der Waals surface area contributed by atoms with Crippen molar-refractivity contribution in [3.63, 3.8) is 0 Å². The zero-order chi connectivity index (χ0) is 13.5. The van der Waals surface area contributed by atoms with Gasteiger partial charge in [-0.2, -0.15) is 0 Å². The van der Waals surface area contributed by atoms with Crippen molar-refractivity contribution in [1.82, 2.24) is 0 Å². The third-order valence-electron chi connectivity index (χ3n) is 2.88. The van der Waals surface area contributed by atoms with Crippen molar-refractivity contribution in [2.24, 2.45) is 5.92 Å². The maximum Gasteiger partial charge on any atom is 0.118 e. The van der Waals surface area contributed by atoms with Crippen LogP contribution in [0, 0.1) is 5.92 Å². The predicted octanol–water partition coefficient (Wildman–Crippen LogP) is 4.63. The number of anilines is 1. The smallest absolute Gasteiger partial charge is 0.118 e. The molecule has 0 saturated heterocycles. The number of hydrogen-bond acceptors (Lipinski definition) is 1. The molecule has 0 amide bonds. The maximum atomic E-state index is 13.7. The van der Waals surface area contributed by atoms with Gasteiger partial charge in [-0.3, -0.25) is 0 Å². The topological polar surface area (TPSA) is 12.0 Å². The molecule has 0 aliphatic carbocycles. The van der Waals surface area contributed by atoms with Crippen LogP contribution in [0.1, 0.15) is 18.9 Å². The van der Waals surface area contributed by atoms with E-state index >= 15 is 0 Å². The zero-order valence-electron chi connectivity index (χ0n) is 10.8. The van der Waals surface area contributed by atoms with Gasteiger partial charge in [0.2, 0.25) is 0 Å². The fourth-order valence-corrected chi connectivity index (χ4v) is 1.84. The van der Waals surface area contributed by atoms with Crippen LogP contribution in [0.4, 0.5) is 14.5 Å². The molecule has 0 heterocycles. The molecule has 1 atom stereocenters. The minimum absolute atomic E-state index is 0.301. The summed E-state index contributed by atoms with van der Waals surface area (Å²) in [5.41, 5.74) is 2.02. The highest BCUT2D eigenvalue weighted by Gasteiger charge is 2.13. The predicted molar refractivity (Wildman–Crippen MR) is 72.9 cm³/mol. The first-order valence-corrected chi connectivity index (χ1v) is 6.05. The van der Waals surface area contributed by atoms with Gasteiger partial charge in [-0.05, 0) is 30.5 Å². The first kappa shape index (κ1) is 14.4. The Morgan fingerprint density at radius 1 is 1.44 bits per heavy atom. The summed E-state index contributed by atoms with van der Waals surface area (Å²) in [7, 11) is 1.84. The highest BCUT2D eigenvalue weighted by Crippen LogP contribution is 2.24. The summed E-state index contributed by atoms with van der Waals surface area (Å²) in [6.45, 7) is 4.94. The Morgan fingerprint density at radius 3 is 2.72 bits per heavy atom. The summed E-state index contributed by atoms with van der Waals surface area (Å²) >= 11 is 0. The molecule has 3 heteroatoms. The molecule has 1 nitrogen and oxygen atoms in total. The monoisotopic (exact) mass is 251 g/mol. The average molecular weight is 251 g/mol. The van der Waals surface area contributed by atoms with Gasteiger partial charge >= 0.3 is 0 Å². The Morgan fingerprint density at radius 2 is 2.17 bits per heavy atom. The fourth-order valence-electron chi connectivity index (χ4n) is 1.84. The van der Waals surface area contributed by atoms with E-state index in [0.29, 0.717) is 12.8 Å². The molecule has 0 saturated carbocycles. The van der Waals surface area contributed by atoms with Gasteiger partial charge in [-0.15, -0.1) is 0 Å². The van der Waals surface area contributed by atoms with Crippen LogP contribution in [0.5, 0.6) is 0 Å². The van der Waals surface area contributed by atoms with E-state index in [1.807, 2.05) is 38.2 Å². The average Bonchev–Trinajstić information content (AvgIpc) is 2.35. The van der Waals surface area contributed by atoms with Crippen LogP contribution in [-0.4, -0.2) is 7.05 Å². The second-order valence-electron chi connectivity index (χ2n) is 4.24. The summed E-state index contributed by atoms with van der Waals surface area (Å²) in [6.07, 6.45) is 2.05.